The lowest BCUT2D eigenvalue weighted by molar-refractivity contribution is 0.307. The summed E-state index contributed by atoms with van der Waals surface area (Å²) in [5.41, 5.74) is 6.86. The van der Waals surface area contributed by atoms with Gasteiger partial charge in [-0.2, -0.15) is 0 Å². The third kappa shape index (κ3) is 3.50. The maximum atomic E-state index is 12.8. The van der Waals surface area contributed by atoms with E-state index in [0.29, 0.717) is 0 Å². The van der Waals surface area contributed by atoms with Crippen LogP contribution >= 0.6 is 0 Å². The van der Waals surface area contributed by atoms with E-state index in [1.54, 1.807) is 6.07 Å². The number of pyridine rings is 1. The molecule has 2 heterocycles. The Hall–Kier alpha value is -1.00. The summed E-state index contributed by atoms with van der Waals surface area (Å²) in [4.78, 5) is 6.51. The van der Waals surface area contributed by atoms with Crippen LogP contribution in [0, 0.1) is 11.7 Å². The Morgan fingerprint density at radius 1 is 1.56 bits per heavy atom. The van der Waals surface area contributed by atoms with Crippen LogP contribution in [0.1, 0.15) is 37.9 Å². The minimum atomic E-state index is -0.309. The fraction of sp³-hybridized carbons (Fsp3) is 0.643. The number of nitrogens with two attached hydrogens (primary N) is 1. The minimum absolute atomic E-state index is 0.0914. The van der Waals surface area contributed by atoms with Crippen molar-refractivity contribution >= 4 is 0 Å². The fourth-order valence-corrected chi connectivity index (χ4v) is 2.53. The molecule has 1 aliphatic heterocycles. The smallest absolute Gasteiger partial charge is 0.141 e. The van der Waals surface area contributed by atoms with Gasteiger partial charge in [-0.3, -0.25) is 4.98 Å². The van der Waals surface area contributed by atoms with Gasteiger partial charge in [0.25, 0.3) is 0 Å². The lowest BCUT2D eigenvalue weighted by Gasteiger charge is -2.18. The lowest BCUT2D eigenvalue weighted by Crippen LogP contribution is -2.25. The van der Waals surface area contributed by atoms with Gasteiger partial charge in [-0.15, -0.1) is 0 Å². The van der Waals surface area contributed by atoms with Gasteiger partial charge in [0.15, 0.2) is 0 Å². The minimum Gasteiger partial charge on any atom is -0.323 e. The first kappa shape index (κ1) is 13.4. The van der Waals surface area contributed by atoms with E-state index in [1.807, 2.05) is 0 Å². The van der Waals surface area contributed by atoms with Crippen molar-refractivity contribution in [2.24, 2.45) is 11.7 Å². The number of hydrogen-bond donors (Lipinski definition) is 1. The van der Waals surface area contributed by atoms with Gasteiger partial charge in [-0.05, 0) is 37.4 Å². The molecule has 1 aromatic heterocycles. The molecule has 2 atom stereocenters. The second-order valence-corrected chi connectivity index (χ2v) is 5.16. The van der Waals surface area contributed by atoms with Gasteiger partial charge in [0.05, 0.1) is 11.9 Å². The molecule has 1 aromatic rings. The molecular weight excluding hydrogens is 229 g/mol. The van der Waals surface area contributed by atoms with Crippen molar-refractivity contribution in [1.82, 2.24) is 9.88 Å². The number of rotatable bonds is 5. The summed E-state index contributed by atoms with van der Waals surface area (Å²) in [7, 11) is 0. The van der Waals surface area contributed by atoms with E-state index >= 15 is 0 Å². The Balaban J connectivity index is 1.78. The SMILES string of the molecule is CCC1CCN(CCC(N)c2ccc(F)cn2)C1. The molecule has 2 unspecified atom stereocenters. The van der Waals surface area contributed by atoms with E-state index in [4.69, 9.17) is 5.73 Å². The van der Waals surface area contributed by atoms with Crippen LogP contribution in [-0.2, 0) is 0 Å². The normalized spacial score (nSPS) is 22.3. The van der Waals surface area contributed by atoms with Gasteiger partial charge in [0.1, 0.15) is 5.82 Å². The third-order valence-electron chi connectivity index (χ3n) is 3.83. The average Bonchev–Trinajstić information content (AvgIpc) is 2.85. The molecule has 2 N–H and O–H groups in total. The molecule has 2 rings (SSSR count). The monoisotopic (exact) mass is 251 g/mol. The van der Waals surface area contributed by atoms with E-state index in [2.05, 4.69) is 16.8 Å². The molecule has 1 saturated heterocycles. The number of halogens is 1. The van der Waals surface area contributed by atoms with Crippen LogP contribution in [0.25, 0.3) is 0 Å². The Morgan fingerprint density at radius 2 is 2.39 bits per heavy atom. The van der Waals surface area contributed by atoms with Gasteiger partial charge in [0, 0.05) is 19.1 Å². The predicted octanol–water partition coefficient (Wildman–Crippen LogP) is 2.34. The summed E-state index contributed by atoms with van der Waals surface area (Å²) in [6, 6.07) is 3.01. The maximum Gasteiger partial charge on any atom is 0.141 e. The maximum absolute atomic E-state index is 12.8. The van der Waals surface area contributed by atoms with Gasteiger partial charge in [0.2, 0.25) is 0 Å². The van der Waals surface area contributed by atoms with Crippen molar-refractivity contribution < 1.29 is 4.39 Å². The quantitative estimate of drug-likeness (QED) is 0.873. The molecule has 100 valence electrons. The predicted molar refractivity (Wildman–Crippen MR) is 70.6 cm³/mol. The van der Waals surface area contributed by atoms with Crippen LogP contribution in [0.15, 0.2) is 18.3 Å². The molecule has 0 radical (unpaired) electrons. The van der Waals surface area contributed by atoms with Crippen molar-refractivity contribution in [2.45, 2.75) is 32.2 Å². The number of likely N-dealkylation sites (tertiary alicyclic amines) is 1. The molecule has 18 heavy (non-hydrogen) atoms. The average molecular weight is 251 g/mol. The highest BCUT2D eigenvalue weighted by molar-refractivity contribution is 5.09. The molecule has 0 bridgehead atoms. The molecule has 0 saturated carbocycles. The van der Waals surface area contributed by atoms with Crippen LogP contribution in [-0.4, -0.2) is 29.5 Å². The van der Waals surface area contributed by atoms with E-state index in [0.717, 1.165) is 24.6 Å². The first-order chi connectivity index (χ1) is 8.69. The lowest BCUT2D eigenvalue weighted by atomic mass is 10.1. The van der Waals surface area contributed by atoms with E-state index in [1.165, 1.54) is 38.2 Å². The third-order valence-corrected chi connectivity index (χ3v) is 3.83. The van der Waals surface area contributed by atoms with Gasteiger partial charge in [-0.1, -0.05) is 13.3 Å². The van der Waals surface area contributed by atoms with E-state index < -0.39 is 0 Å². The fourth-order valence-electron chi connectivity index (χ4n) is 2.53. The zero-order valence-electron chi connectivity index (χ0n) is 11.0. The molecule has 0 aromatic carbocycles. The summed E-state index contributed by atoms with van der Waals surface area (Å²) in [6.45, 7) is 5.64. The van der Waals surface area contributed by atoms with Crippen molar-refractivity contribution in [3.05, 3.63) is 29.8 Å². The van der Waals surface area contributed by atoms with Crippen molar-refractivity contribution in [3.63, 3.8) is 0 Å². The highest BCUT2D eigenvalue weighted by atomic mass is 19.1. The van der Waals surface area contributed by atoms with Gasteiger partial charge >= 0.3 is 0 Å². The number of hydrogen-bond acceptors (Lipinski definition) is 3. The Morgan fingerprint density at radius 3 is 3.00 bits per heavy atom. The summed E-state index contributed by atoms with van der Waals surface area (Å²) in [6.07, 6.45) is 4.69. The molecule has 0 spiro atoms. The number of nitrogens with zero attached hydrogens (tertiary/aromatic N) is 2. The largest absolute Gasteiger partial charge is 0.323 e. The zero-order chi connectivity index (χ0) is 13.0. The van der Waals surface area contributed by atoms with Crippen LogP contribution in [0.5, 0.6) is 0 Å². The van der Waals surface area contributed by atoms with Crippen molar-refractivity contribution in [1.29, 1.82) is 0 Å². The highest BCUT2D eigenvalue weighted by Gasteiger charge is 2.21. The molecule has 1 aliphatic rings. The topological polar surface area (TPSA) is 42.1 Å². The first-order valence-corrected chi connectivity index (χ1v) is 6.78. The second kappa shape index (κ2) is 6.25. The van der Waals surface area contributed by atoms with E-state index in [-0.39, 0.29) is 11.9 Å². The number of aromatic nitrogens is 1. The molecule has 1 fully saturated rings. The van der Waals surface area contributed by atoms with Crippen molar-refractivity contribution in [3.8, 4) is 0 Å². The highest BCUT2D eigenvalue weighted by Crippen LogP contribution is 2.20. The summed E-state index contributed by atoms with van der Waals surface area (Å²) in [5, 5.41) is 0. The summed E-state index contributed by atoms with van der Waals surface area (Å²) < 4.78 is 12.8. The van der Waals surface area contributed by atoms with Crippen LogP contribution < -0.4 is 5.73 Å². The molecule has 4 heteroatoms. The molecular formula is C14H22FN3. The van der Waals surface area contributed by atoms with Gasteiger partial charge in [-0.25, -0.2) is 4.39 Å². The first-order valence-electron chi connectivity index (χ1n) is 6.78. The van der Waals surface area contributed by atoms with Crippen LogP contribution in [0.2, 0.25) is 0 Å². The van der Waals surface area contributed by atoms with E-state index in [9.17, 15) is 4.39 Å². The second-order valence-electron chi connectivity index (χ2n) is 5.16. The Kier molecular flexibility index (Phi) is 4.66. The van der Waals surface area contributed by atoms with Crippen molar-refractivity contribution in [2.75, 3.05) is 19.6 Å². The molecule has 0 aliphatic carbocycles. The Bertz CT molecular complexity index is 366. The van der Waals surface area contributed by atoms with Crippen LogP contribution in [0.4, 0.5) is 4.39 Å². The van der Waals surface area contributed by atoms with Crippen LogP contribution in [0.3, 0.4) is 0 Å². The summed E-state index contributed by atoms with van der Waals surface area (Å²) in [5.74, 6) is 0.543. The summed E-state index contributed by atoms with van der Waals surface area (Å²) >= 11 is 0. The Labute approximate surface area is 108 Å². The standard InChI is InChI=1S/C14H22FN3/c1-2-11-5-7-18(10-11)8-6-13(16)14-4-3-12(15)9-17-14/h3-4,9,11,13H,2,5-8,10,16H2,1H3. The zero-order valence-corrected chi connectivity index (χ0v) is 11.0. The van der Waals surface area contributed by atoms with Gasteiger partial charge < -0.3 is 10.6 Å². The molecule has 3 nitrogen and oxygen atoms in total. The molecule has 0 amide bonds.